The third-order valence-corrected chi connectivity index (χ3v) is 7.77. The fourth-order valence-corrected chi connectivity index (χ4v) is 5.38. The third-order valence-electron chi connectivity index (χ3n) is 7.77. The van der Waals surface area contributed by atoms with E-state index >= 15 is 0 Å². The van der Waals surface area contributed by atoms with Crippen molar-refractivity contribution in [2.24, 2.45) is 18.0 Å². The Bertz CT molecular complexity index is 1730. The summed E-state index contributed by atoms with van der Waals surface area (Å²) < 4.78 is 81.4. The number of aromatic nitrogens is 4. The van der Waals surface area contributed by atoms with Crippen molar-refractivity contribution < 1.29 is 31.1 Å². The topological polar surface area (TPSA) is 85.1 Å². The van der Waals surface area contributed by atoms with Gasteiger partial charge < -0.3 is 5.32 Å². The van der Waals surface area contributed by atoms with Crippen LogP contribution in [0.15, 0.2) is 47.6 Å². The minimum absolute atomic E-state index is 0.0374. The minimum atomic E-state index is -4.93. The molecule has 2 heterocycles. The number of aryl methyl sites for hydroxylation is 2. The van der Waals surface area contributed by atoms with E-state index < -0.39 is 41.4 Å². The number of aliphatic imine (C=N–C) groups is 1. The molecule has 13 heteroatoms. The first-order valence-corrected chi connectivity index (χ1v) is 14.2. The molecular formula is C31H30F6N6O. The van der Waals surface area contributed by atoms with Crippen LogP contribution in [0.25, 0.3) is 22.2 Å². The van der Waals surface area contributed by atoms with Gasteiger partial charge in [-0.15, -0.1) is 0 Å². The van der Waals surface area contributed by atoms with Gasteiger partial charge in [-0.2, -0.15) is 31.4 Å². The standard InChI is InChI=1S/C31H30F6N6O/c1-4-18-11-20(12-21-16-38-29(41-28(18)21)39-23-8-5-17(2)6-9-23)25-15-26(42-43(25)3)40-27(44)14-19-13-22(30(32,33)34)7-10-24(19)31(35,36)37/h7,10-13,15-17H,4-6,8-9,14H2,1-3H3,(H,40,42,44). The Balaban J connectivity index is 1.39. The Morgan fingerprint density at radius 1 is 1.02 bits per heavy atom. The molecular weight excluding hydrogens is 586 g/mol. The molecule has 1 amide bonds. The van der Waals surface area contributed by atoms with Crippen molar-refractivity contribution in [2.45, 2.75) is 64.7 Å². The maximum absolute atomic E-state index is 13.5. The molecule has 0 bridgehead atoms. The van der Waals surface area contributed by atoms with Gasteiger partial charge >= 0.3 is 12.4 Å². The number of fused-ring (bicyclic) bond motifs is 1. The average Bonchev–Trinajstić information content (AvgIpc) is 3.31. The first-order valence-electron chi connectivity index (χ1n) is 14.2. The van der Waals surface area contributed by atoms with Crippen molar-refractivity contribution in [1.82, 2.24) is 19.7 Å². The zero-order valence-corrected chi connectivity index (χ0v) is 24.3. The van der Waals surface area contributed by atoms with E-state index in [1.165, 1.54) is 4.68 Å². The van der Waals surface area contributed by atoms with Crippen LogP contribution in [0.3, 0.4) is 0 Å². The number of anilines is 1. The number of rotatable bonds is 6. The third kappa shape index (κ3) is 6.92. The van der Waals surface area contributed by atoms with Crippen LogP contribution in [-0.2, 0) is 37.0 Å². The van der Waals surface area contributed by atoms with Crippen LogP contribution in [0, 0.1) is 5.92 Å². The molecule has 1 saturated carbocycles. The van der Waals surface area contributed by atoms with Gasteiger partial charge in [-0.1, -0.05) is 13.8 Å². The smallest absolute Gasteiger partial charge is 0.309 e. The summed E-state index contributed by atoms with van der Waals surface area (Å²) in [5.41, 5.74) is 0.773. The molecule has 0 radical (unpaired) electrons. The van der Waals surface area contributed by atoms with Crippen LogP contribution in [0.1, 0.15) is 61.8 Å². The largest absolute Gasteiger partial charge is 0.416 e. The number of alkyl halides is 6. The highest BCUT2D eigenvalue weighted by Crippen LogP contribution is 2.37. The predicted molar refractivity (Wildman–Crippen MR) is 155 cm³/mol. The monoisotopic (exact) mass is 616 g/mol. The van der Waals surface area contributed by atoms with E-state index in [0.29, 0.717) is 42.2 Å². The summed E-state index contributed by atoms with van der Waals surface area (Å²) in [6, 6.07) is 6.39. The summed E-state index contributed by atoms with van der Waals surface area (Å²) >= 11 is 0. The van der Waals surface area contributed by atoms with E-state index in [2.05, 4.69) is 22.3 Å². The van der Waals surface area contributed by atoms with Crippen molar-refractivity contribution >= 4 is 34.3 Å². The van der Waals surface area contributed by atoms with E-state index in [4.69, 9.17) is 9.98 Å². The number of nitrogens with zero attached hydrogens (tertiary/aromatic N) is 5. The summed E-state index contributed by atoms with van der Waals surface area (Å²) in [7, 11) is 1.64. The van der Waals surface area contributed by atoms with Crippen molar-refractivity contribution in [3.63, 3.8) is 0 Å². The van der Waals surface area contributed by atoms with Crippen LogP contribution in [0.2, 0.25) is 0 Å². The zero-order valence-electron chi connectivity index (χ0n) is 24.3. The Labute approximate surface area is 249 Å². The van der Waals surface area contributed by atoms with E-state index in [9.17, 15) is 31.1 Å². The number of hydrogen-bond donors (Lipinski definition) is 1. The van der Waals surface area contributed by atoms with Gasteiger partial charge in [-0.3, -0.25) is 9.48 Å². The van der Waals surface area contributed by atoms with Gasteiger partial charge in [0.25, 0.3) is 0 Å². The SMILES string of the molecule is CCc1cc(-c2cc(NC(=O)Cc3cc(C(F)(F)F)ccc3C(F)(F)F)nn2C)cc2cnc(N=C3CCC(C)CC3)nc12. The lowest BCUT2D eigenvalue weighted by Gasteiger charge is -2.18. The highest BCUT2D eigenvalue weighted by molar-refractivity contribution is 5.93. The molecule has 2 aromatic carbocycles. The van der Waals surface area contributed by atoms with Gasteiger partial charge in [-0.05, 0) is 79.5 Å². The lowest BCUT2D eigenvalue weighted by atomic mass is 9.89. The molecule has 1 aliphatic rings. The number of hydrogen-bond acceptors (Lipinski definition) is 5. The summed E-state index contributed by atoms with van der Waals surface area (Å²) in [5.74, 6) is 0.206. The lowest BCUT2D eigenvalue weighted by molar-refractivity contribution is -0.142. The molecule has 5 rings (SSSR count). The normalized spacial score (nSPS) is 15.9. The molecule has 7 nitrogen and oxygen atoms in total. The Kier molecular flexibility index (Phi) is 8.50. The zero-order chi connectivity index (χ0) is 31.8. The number of carbonyl (C=O) groups excluding carboxylic acids is 1. The molecule has 0 saturated heterocycles. The molecule has 1 N–H and O–H groups in total. The van der Waals surface area contributed by atoms with Gasteiger partial charge in [0.2, 0.25) is 11.9 Å². The Morgan fingerprint density at radius 3 is 2.41 bits per heavy atom. The minimum Gasteiger partial charge on any atom is -0.309 e. The van der Waals surface area contributed by atoms with Gasteiger partial charge in [0.05, 0.1) is 28.8 Å². The summed E-state index contributed by atoms with van der Waals surface area (Å²) in [4.78, 5) is 26.6. The molecule has 1 fully saturated rings. The number of nitrogens with one attached hydrogen (secondary N) is 1. The molecule has 44 heavy (non-hydrogen) atoms. The average molecular weight is 617 g/mol. The number of halogens is 6. The second-order valence-corrected chi connectivity index (χ2v) is 11.1. The van der Waals surface area contributed by atoms with Gasteiger partial charge in [0, 0.05) is 36.0 Å². The fourth-order valence-electron chi connectivity index (χ4n) is 5.38. The van der Waals surface area contributed by atoms with E-state index in [1.54, 1.807) is 19.3 Å². The fraction of sp³-hybridized carbons (Fsp3) is 0.387. The number of benzene rings is 2. The van der Waals surface area contributed by atoms with Crippen molar-refractivity contribution in [3.8, 4) is 11.3 Å². The summed E-state index contributed by atoms with van der Waals surface area (Å²) in [6.07, 6.45) is -4.28. The molecule has 0 unspecified atom stereocenters. The van der Waals surface area contributed by atoms with E-state index in [1.807, 2.05) is 19.1 Å². The molecule has 0 spiro atoms. The van der Waals surface area contributed by atoms with Crippen molar-refractivity contribution in [2.75, 3.05) is 5.32 Å². The summed E-state index contributed by atoms with van der Waals surface area (Å²) in [6.45, 7) is 4.23. The number of carbonyl (C=O) groups is 1. The predicted octanol–water partition coefficient (Wildman–Crippen LogP) is 8.09. The molecule has 1 aliphatic carbocycles. The second kappa shape index (κ2) is 12.0. The molecule has 232 valence electrons. The number of amides is 1. The van der Waals surface area contributed by atoms with Crippen LogP contribution < -0.4 is 5.32 Å². The molecule has 4 aromatic rings. The van der Waals surface area contributed by atoms with E-state index in [0.717, 1.165) is 53.4 Å². The van der Waals surface area contributed by atoms with Crippen LogP contribution in [-0.4, -0.2) is 31.4 Å². The molecule has 2 aromatic heterocycles. The maximum atomic E-state index is 13.5. The summed E-state index contributed by atoms with van der Waals surface area (Å²) in [5, 5.41) is 7.44. The Morgan fingerprint density at radius 2 is 1.75 bits per heavy atom. The first kappa shape index (κ1) is 31.1. The van der Waals surface area contributed by atoms with E-state index in [-0.39, 0.29) is 5.82 Å². The second-order valence-electron chi connectivity index (χ2n) is 11.1. The first-order chi connectivity index (χ1) is 20.7. The van der Waals surface area contributed by atoms with Gasteiger partial charge in [0.1, 0.15) is 0 Å². The van der Waals surface area contributed by atoms with Crippen LogP contribution in [0.5, 0.6) is 0 Å². The maximum Gasteiger partial charge on any atom is 0.416 e. The quantitative estimate of drug-likeness (QED) is 0.222. The van der Waals surface area contributed by atoms with Gasteiger partial charge in [0.15, 0.2) is 5.82 Å². The van der Waals surface area contributed by atoms with Crippen LogP contribution in [0.4, 0.5) is 38.1 Å². The lowest BCUT2D eigenvalue weighted by Crippen LogP contribution is -2.19. The van der Waals surface area contributed by atoms with Crippen LogP contribution >= 0.6 is 0 Å². The van der Waals surface area contributed by atoms with Gasteiger partial charge in [-0.25, -0.2) is 15.0 Å². The van der Waals surface area contributed by atoms with Crippen molar-refractivity contribution in [3.05, 3.63) is 64.8 Å². The Hall–Kier alpha value is -4.29. The highest BCUT2D eigenvalue weighted by atomic mass is 19.4. The molecule has 0 aliphatic heterocycles. The van der Waals surface area contributed by atoms with Crippen molar-refractivity contribution in [1.29, 1.82) is 0 Å². The highest BCUT2D eigenvalue weighted by Gasteiger charge is 2.37. The molecule has 0 atom stereocenters.